The molecule has 6 heteroatoms. The second-order valence-electron chi connectivity index (χ2n) is 7.39. The van der Waals surface area contributed by atoms with E-state index in [1.54, 1.807) is 0 Å². The van der Waals surface area contributed by atoms with Gasteiger partial charge in [0.05, 0.1) is 18.5 Å². The van der Waals surface area contributed by atoms with Gasteiger partial charge in [-0.3, -0.25) is 4.79 Å². The van der Waals surface area contributed by atoms with E-state index in [9.17, 15) is 10.1 Å². The summed E-state index contributed by atoms with van der Waals surface area (Å²) in [6.45, 7) is 0.675. The van der Waals surface area contributed by atoms with Gasteiger partial charge in [-0.05, 0) is 54.2 Å². The van der Waals surface area contributed by atoms with Crippen LogP contribution in [0, 0.1) is 17.2 Å². The molecule has 0 spiro atoms. The average Bonchev–Trinajstić information content (AvgIpc) is 3.50. The predicted molar refractivity (Wildman–Crippen MR) is 108 cm³/mol. The van der Waals surface area contributed by atoms with E-state index in [1.807, 2.05) is 53.4 Å². The van der Waals surface area contributed by atoms with Crippen molar-refractivity contribution in [1.82, 2.24) is 4.90 Å². The third kappa shape index (κ3) is 4.03. The Bertz CT molecular complexity index is 905. The maximum absolute atomic E-state index is 13.2. The van der Waals surface area contributed by atoms with Crippen molar-refractivity contribution in [2.75, 3.05) is 6.54 Å². The molecule has 1 heterocycles. The largest absolute Gasteiger partial charge is 0.357 e. The van der Waals surface area contributed by atoms with Gasteiger partial charge in [0, 0.05) is 16.6 Å². The fourth-order valence-corrected chi connectivity index (χ4v) is 4.08. The van der Waals surface area contributed by atoms with Gasteiger partial charge < -0.3 is 9.64 Å². The van der Waals surface area contributed by atoms with Crippen molar-refractivity contribution in [1.29, 1.82) is 5.26 Å². The van der Waals surface area contributed by atoms with E-state index < -0.39 is 12.2 Å². The molecule has 28 heavy (non-hydrogen) atoms. The zero-order valence-corrected chi connectivity index (χ0v) is 16.7. The summed E-state index contributed by atoms with van der Waals surface area (Å²) in [6.07, 6.45) is 1.11. The monoisotopic (exact) mass is 414 g/mol. The van der Waals surface area contributed by atoms with Crippen LogP contribution >= 0.6 is 23.2 Å². The van der Waals surface area contributed by atoms with Crippen LogP contribution in [0.3, 0.4) is 0 Å². The van der Waals surface area contributed by atoms with Gasteiger partial charge in [-0.25, -0.2) is 0 Å². The van der Waals surface area contributed by atoms with Crippen molar-refractivity contribution >= 4 is 29.1 Å². The Labute approximate surface area is 174 Å². The molecule has 0 N–H and O–H groups in total. The summed E-state index contributed by atoms with van der Waals surface area (Å²) in [5.41, 5.74) is 1.85. The minimum atomic E-state index is -0.767. The summed E-state index contributed by atoms with van der Waals surface area (Å²) in [5.74, 6) is 0.395. The Morgan fingerprint density at radius 1 is 1.07 bits per heavy atom. The lowest BCUT2D eigenvalue weighted by Gasteiger charge is -2.44. The summed E-state index contributed by atoms with van der Waals surface area (Å²) in [7, 11) is 0. The van der Waals surface area contributed by atoms with E-state index in [1.165, 1.54) is 0 Å². The van der Waals surface area contributed by atoms with Crippen LogP contribution in [0.25, 0.3) is 0 Å². The molecule has 2 aromatic carbocycles. The highest BCUT2D eigenvalue weighted by Crippen LogP contribution is 2.45. The number of benzene rings is 2. The number of halogens is 2. The summed E-state index contributed by atoms with van der Waals surface area (Å²) >= 11 is 12.3. The Hall–Kier alpha value is -2.06. The van der Waals surface area contributed by atoms with E-state index in [-0.39, 0.29) is 18.4 Å². The number of carbonyl (C=O) groups excluding carboxylic acids is 1. The fraction of sp³-hybridized carbons (Fsp3) is 0.364. The Balaban J connectivity index is 1.79. The number of ether oxygens (including phenoxy) is 1. The molecule has 1 amide bonds. The zero-order chi connectivity index (χ0) is 19.7. The fourth-order valence-electron chi connectivity index (χ4n) is 3.75. The van der Waals surface area contributed by atoms with Gasteiger partial charge in [-0.1, -0.05) is 47.5 Å². The molecule has 1 aliphatic heterocycles. The van der Waals surface area contributed by atoms with Crippen LogP contribution < -0.4 is 0 Å². The number of nitriles is 1. The molecular weight excluding hydrogens is 395 g/mol. The number of amides is 1. The second-order valence-corrected chi connectivity index (χ2v) is 8.27. The van der Waals surface area contributed by atoms with Gasteiger partial charge in [-0.2, -0.15) is 5.26 Å². The summed E-state index contributed by atoms with van der Waals surface area (Å²) < 4.78 is 6.20. The van der Waals surface area contributed by atoms with Gasteiger partial charge in [0.15, 0.2) is 0 Å². The third-order valence-electron chi connectivity index (χ3n) is 5.31. The highest BCUT2D eigenvalue weighted by atomic mass is 35.5. The van der Waals surface area contributed by atoms with Crippen molar-refractivity contribution in [3.63, 3.8) is 0 Å². The first-order valence-corrected chi connectivity index (χ1v) is 10.2. The Morgan fingerprint density at radius 2 is 1.82 bits per heavy atom. The van der Waals surface area contributed by atoms with Crippen LogP contribution in [-0.2, 0) is 9.53 Å². The summed E-state index contributed by atoms with van der Waals surface area (Å²) in [6, 6.07) is 16.8. The first-order valence-electron chi connectivity index (χ1n) is 9.40. The smallest absolute Gasteiger partial charge is 0.253 e. The SMILES string of the molecule is N#CC[C@H]1O[C@H](c2cccc(Cl)c2)[C@@H](c2ccc(Cl)cc2)N(CC2CC2)C1=O. The quantitative estimate of drug-likeness (QED) is 0.664. The number of nitrogens with zero attached hydrogens (tertiary/aromatic N) is 2. The molecule has 0 radical (unpaired) electrons. The lowest BCUT2D eigenvalue weighted by atomic mass is 9.91. The Morgan fingerprint density at radius 3 is 2.46 bits per heavy atom. The topological polar surface area (TPSA) is 53.3 Å². The number of rotatable bonds is 5. The van der Waals surface area contributed by atoms with Crippen LogP contribution in [0.2, 0.25) is 10.0 Å². The molecule has 144 valence electrons. The molecule has 0 aromatic heterocycles. The molecule has 4 rings (SSSR count). The van der Waals surface area contributed by atoms with Crippen molar-refractivity contribution in [2.45, 2.75) is 37.5 Å². The minimum Gasteiger partial charge on any atom is -0.357 e. The molecule has 2 fully saturated rings. The molecule has 2 aromatic rings. The molecular formula is C22H20Cl2N2O2. The molecule has 3 atom stereocenters. The van der Waals surface area contributed by atoms with Gasteiger partial charge in [0.1, 0.15) is 12.2 Å². The van der Waals surface area contributed by atoms with Gasteiger partial charge in [0.2, 0.25) is 0 Å². The number of morpholine rings is 1. The van der Waals surface area contributed by atoms with E-state index in [0.717, 1.165) is 24.0 Å². The van der Waals surface area contributed by atoms with Gasteiger partial charge in [-0.15, -0.1) is 0 Å². The maximum Gasteiger partial charge on any atom is 0.253 e. The van der Waals surface area contributed by atoms with E-state index >= 15 is 0 Å². The molecule has 4 nitrogen and oxygen atoms in total. The van der Waals surface area contributed by atoms with Gasteiger partial charge >= 0.3 is 0 Å². The lowest BCUT2D eigenvalue weighted by molar-refractivity contribution is -0.174. The van der Waals surface area contributed by atoms with Crippen molar-refractivity contribution in [3.05, 3.63) is 69.7 Å². The lowest BCUT2D eigenvalue weighted by Crippen LogP contribution is -2.51. The average molecular weight is 415 g/mol. The van der Waals surface area contributed by atoms with Crippen molar-refractivity contribution in [2.24, 2.45) is 5.92 Å². The normalized spacial score (nSPS) is 24.8. The molecule has 0 unspecified atom stereocenters. The molecule has 2 aliphatic rings. The van der Waals surface area contributed by atoms with E-state index in [2.05, 4.69) is 6.07 Å². The van der Waals surface area contributed by atoms with E-state index in [4.69, 9.17) is 27.9 Å². The number of hydrogen-bond donors (Lipinski definition) is 0. The minimum absolute atomic E-state index is 0.0321. The molecule has 0 bridgehead atoms. The summed E-state index contributed by atoms with van der Waals surface area (Å²) in [5, 5.41) is 10.4. The first kappa shape index (κ1) is 19.3. The van der Waals surface area contributed by atoms with Gasteiger partial charge in [0.25, 0.3) is 5.91 Å². The van der Waals surface area contributed by atoms with Crippen LogP contribution in [0.5, 0.6) is 0 Å². The highest BCUT2D eigenvalue weighted by Gasteiger charge is 2.45. The second kappa shape index (κ2) is 8.13. The third-order valence-corrected chi connectivity index (χ3v) is 5.80. The molecule has 1 saturated carbocycles. The predicted octanol–water partition coefficient (Wildman–Crippen LogP) is 5.33. The number of hydrogen-bond acceptors (Lipinski definition) is 3. The van der Waals surface area contributed by atoms with E-state index in [0.29, 0.717) is 22.5 Å². The van der Waals surface area contributed by atoms with Crippen LogP contribution in [-0.4, -0.2) is 23.5 Å². The van der Waals surface area contributed by atoms with Crippen LogP contribution in [0.15, 0.2) is 48.5 Å². The van der Waals surface area contributed by atoms with Crippen molar-refractivity contribution in [3.8, 4) is 6.07 Å². The van der Waals surface area contributed by atoms with Crippen LogP contribution in [0.4, 0.5) is 0 Å². The standard InChI is InChI=1S/C22H20Cl2N2O2/c23-17-8-6-15(7-9-17)20-21(16-2-1-3-18(24)12-16)28-19(10-11-25)22(27)26(20)13-14-4-5-14/h1-3,6-9,12,14,19-21H,4-5,10,13H2/t19-,20-,21-/m1/s1. The molecule has 1 saturated heterocycles. The zero-order valence-electron chi connectivity index (χ0n) is 15.2. The maximum atomic E-state index is 13.2. The first-order chi connectivity index (χ1) is 13.6. The number of carbonyl (C=O) groups is 1. The Kier molecular flexibility index (Phi) is 5.59. The van der Waals surface area contributed by atoms with Crippen molar-refractivity contribution < 1.29 is 9.53 Å². The highest BCUT2D eigenvalue weighted by molar-refractivity contribution is 6.30. The van der Waals surface area contributed by atoms with Crippen LogP contribution in [0.1, 0.15) is 42.5 Å². The molecule has 1 aliphatic carbocycles. The summed E-state index contributed by atoms with van der Waals surface area (Å²) in [4.78, 5) is 15.1.